The van der Waals surface area contributed by atoms with E-state index in [9.17, 15) is 0 Å². The molecule has 0 radical (unpaired) electrons. The van der Waals surface area contributed by atoms with E-state index in [1.54, 1.807) is 0 Å². The van der Waals surface area contributed by atoms with Crippen LogP contribution in [0.15, 0.2) is 91.0 Å². The highest BCUT2D eigenvalue weighted by Gasteiger charge is 2.33. The molecule has 0 fully saturated rings. The second-order valence-electron chi connectivity index (χ2n) is 9.78. The van der Waals surface area contributed by atoms with Gasteiger partial charge >= 0.3 is 0 Å². The standard InChI is InChI=1S/C29H38O2Si/c1-4-30-23-29(21-26-16-10-6-11-17-26,22-27-18-12-7-13-19-27)24-31-32-28(2,3)20-25-14-8-5-9-15-25/h5-19H,4,20-24,32H2,1-3H3. The Morgan fingerprint density at radius 1 is 0.625 bits per heavy atom. The summed E-state index contributed by atoms with van der Waals surface area (Å²) in [7, 11) is -0.742. The monoisotopic (exact) mass is 446 g/mol. The molecule has 0 saturated heterocycles. The molecule has 2 nitrogen and oxygen atoms in total. The summed E-state index contributed by atoms with van der Waals surface area (Å²) in [6.07, 6.45) is 2.97. The smallest absolute Gasteiger partial charge is 0.167 e. The maximum Gasteiger partial charge on any atom is 0.167 e. The summed E-state index contributed by atoms with van der Waals surface area (Å²) in [5.74, 6) is 0. The first-order valence-corrected chi connectivity index (χ1v) is 13.1. The quantitative estimate of drug-likeness (QED) is 0.298. The van der Waals surface area contributed by atoms with Crippen LogP contribution >= 0.6 is 0 Å². The van der Waals surface area contributed by atoms with Gasteiger partial charge in [-0.3, -0.25) is 0 Å². The molecule has 3 rings (SSSR count). The molecule has 0 saturated carbocycles. The predicted molar refractivity (Wildman–Crippen MR) is 138 cm³/mol. The Bertz CT molecular complexity index is 853. The summed E-state index contributed by atoms with van der Waals surface area (Å²) in [5, 5.41) is 0.207. The van der Waals surface area contributed by atoms with E-state index in [4.69, 9.17) is 9.16 Å². The van der Waals surface area contributed by atoms with E-state index in [0.29, 0.717) is 6.61 Å². The van der Waals surface area contributed by atoms with Crippen molar-refractivity contribution in [1.29, 1.82) is 0 Å². The lowest BCUT2D eigenvalue weighted by molar-refractivity contribution is 0.0179. The zero-order chi connectivity index (χ0) is 22.7. The minimum absolute atomic E-state index is 0.0749. The lowest BCUT2D eigenvalue weighted by atomic mass is 9.78. The molecule has 0 heterocycles. The summed E-state index contributed by atoms with van der Waals surface area (Å²) >= 11 is 0. The van der Waals surface area contributed by atoms with Crippen LogP contribution in [-0.2, 0) is 28.4 Å². The van der Waals surface area contributed by atoms with E-state index in [1.807, 2.05) is 0 Å². The fourth-order valence-corrected chi connectivity index (χ4v) is 5.91. The number of ether oxygens (including phenoxy) is 1. The van der Waals surface area contributed by atoms with Crippen molar-refractivity contribution in [2.24, 2.45) is 5.41 Å². The van der Waals surface area contributed by atoms with Crippen LogP contribution in [0.3, 0.4) is 0 Å². The number of rotatable bonds is 13. The molecule has 3 aromatic carbocycles. The largest absolute Gasteiger partial charge is 0.423 e. The molecular weight excluding hydrogens is 408 g/mol. The highest BCUT2D eigenvalue weighted by molar-refractivity contribution is 6.32. The first kappa shape index (κ1) is 24.4. The van der Waals surface area contributed by atoms with Gasteiger partial charge in [0.05, 0.1) is 6.61 Å². The third-order valence-electron chi connectivity index (χ3n) is 5.88. The van der Waals surface area contributed by atoms with Crippen molar-refractivity contribution in [2.75, 3.05) is 19.8 Å². The van der Waals surface area contributed by atoms with Crippen molar-refractivity contribution < 1.29 is 9.16 Å². The van der Waals surface area contributed by atoms with E-state index in [-0.39, 0.29) is 10.5 Å². The summed E-state index contributed by atoms with van der Waals surface area (Å²) in [6.45, 7) is 8.95. The van der Waals surface area contributed by atoms with Gasteiger partial charge in [-0.2, -0.15) is 0 Å². The Kier molecular flexibility index (Phi) is 9.28. The number of hydrogen-bond acceptors (Lipinski definition) is 2. The molecule has 170 valence electrons. The van der Waals surface area contributed by atoms with Gasteiger partial charge in [-0.15, -0.1) is 0 Å². The Morgan fingerprint density at radius 3 is 1.50 bits per heavy atom. The lowest BCUT2D eigenvalue weighted by Crippen LogP contribution is -2.38. The molecule has 0 spiro atoms. The Balaban J connectivity index is 1.75. The maximum absolute atomic E-state index is 6.64. The van der Waals surface area contributed by atoms with Gasteiger partial charge in [0, 0.05) is 18.6 Å². The molecule has 0 N–H and O–H groups in total. The van der Waals surface area contributed by atoms with Gasteiger partial charge in [0.1, 0.15) is 0 Å². The van der Waals surface area contributed by atoms with Crippen molar-refractivity contribution in [2.45, 2.75) is 45.1 Å². The van der Waals surface area contributed by atoms with Crippen LogP contribution < -0.4 is 0 Å². The molecular formula is C29H38O2Si. The van der Waals surface area contributed by atoms with Crippen LogP contribution in [0, 0.1) is 5.41 Å². The molecule has 32 heavy (non-hydrogen) atoms. The Labute approximate surface area is 196 Å². The van der Waals surface area contributed by atoms with Crippen molar-refractivity contribution >= 4 is 9.76 Å². The second kappa shape index (κ2) is 12.1. The number of hydrogen-bond donors (Lipinski definition) is 0. The molecule has 0 aliphatic heterocycles. The van der Waals surface area contributed by atoms with Crippen molar-refractivity contribution in [1.82, 2.24) is 0 Å². The van der Waals surface area contributed by atoms with E-state index < -0.39 is 9.76 Å². The fourth-order valence-electron chi connectivity index (χ4n) is 4.43. The van der Waals surface area contributed by atoms with Crippen molar-refractivity contribution in [3.05, 3.63) is 108 Å². The zero-order valence-corrected chi connectivity index (χ0v) is 21.3. The van der Waals surface area contributed by atoms with Gasteiger partial charge in [-0.05, 0) is 47.9 Å². The van der Waals surface area contributed by atoms with Crippen LogP contribution in [0.2, 0.25) is 5.04 Å². The van der Waals surface area contributed by atoms with Gasteiger partial charge in [0.2, 0.25) is 0 Å². The van der Waals surface area contributed by atoms with Crippen molar-refractivity contribution in [3.8, 4) is 0 Å². The summed E-state index contributed by atoms with van der Waals surface area (Å²) in [4.78, 5) is 0. The summed E-state index contributed by atoms with van der Waals surface area (Å²) in [6, 6.07) is 32.4. The average Bonchev–Trinajstić information content (AvgIpc) is 2.79. The van der Waals surface area contributed by atoms with Gasteiger partial charge in [0.15, 0.2) is 9.76 Å². The Hall–Kier alpha value is -2.20. The van der Waals surface area contributed by atoms with Crippen LogP contribution in [0.5, 0.6) is 0 Å². The molecule has 0 aromatic heterocycles. The van der Waals surface area contributed by atoms with E-state index in [0.717, 1.165) is 32.5 Å². The molecule has 0 amide bonds. The minimum Gasteiger partial charge on any atom is -0.423 e. The number of benzene rings is 3. The first-order chi connectivity index (χ1) is 15.5. The highest BCUT2D eigenvalue weighted by Crippen LogP contribution is 2.32. The molecule has 0 aliphatic carbocycles. The fraction of sp³-hybridized carbons (Fsp3) is 0.379. The molecule has 0 unspecified atom stereocenters. The summed E-state index contributed by atoms with van der Waals surface area (Å²) in [5.41, 5.74) is 4.01. The second-order valence-corrected chi connectivity index (χ2v) is 12.4. The highest BCUT2D eigenvalue weighted by atomic mass is 28.2. The molecule has 3 heteroatoms. The van der Waals surface area contributed by atoms with Crippen LogP contribution in [0.25, 0.3) is 0 Å². The maximum atomic E-state index is 6.64. The average molecular weight is 447 g/mol. The molecule has 0 bridgehead atoms. The van der Waals surface area contributed by atoms with Crippen LogP contribution in [0.1, 0.15) is 37.5 Å². The predicted octanol–water partition coefficient (Wildman–Crippen LogP) is 6.04. The van der Waals surface area contributed by atoms with Crippen molar-refractivity contribution in [3.63, 3.8) is 0 Å². The van der Waals surface area contributed by atoms with Gasteiger partial charge in [-0.1, -0.05) is 105 Å². The van der Waals surface area contributed by atoms with Gasteiger partial charge < -0.3 is 9.16 Å². The molecule has 0 aliphatic rings. The van der Waals surface area contributed by atoms with Gasteiger partial charge in [0.25, 0.3) is 0 Å². The zero-order valence-electron chi connectivity index (χ0n) is 19.9. The van der Waals surface area contributed by atoms with E-state index in [2.05, 4.69) is 112 Å². The third-order valence-corrected chi connectivity index (χ3v) is 7.32. The molecule has 3 aromatic rings. The summed E-state index contributed by atoms with van der Waals surface area (Å²) < 4.78 is 12.7. The molecule has 0 atom stereocenters. The van der Waals surface area contributed by atoms with E-state index in [1.165, 1.54) is 16.7 Å². The Morgan fingerprint density at radius 2 is 1.06 bits per heavy atom. The normalized spacial score (nSPS) is 12.5. The first-order valence-electron chi connectivity index (χ1n) is 11.8. The SMILES string of the molecule is CCOCC(CO[SiH2]C(C)(C)Cc1ccccc1)(Cc1ccccc1)Cc1ccccc1. The van der Waals surface area contributed by atoms with E-state index >= 15 is 0 Å². The lowest BCUT2D eigenvalue weighted by Gasteiger charge is -2.35. The van der Waals surface area contributed by atoms with Gasteiger partial charge in [-0.25, -0.2) is 0 Å². The third kappa shape index (κ3) is 8.05. The van der Waals surface area contributed by atoms with Crippen LogP contribution in [0.4, 0.5) is 0 Å². The minimum atomic E-state index is -0.742. The topological polar surface area (TPSA) is 18.5 Å². The van der Waals surface area contributed by atoms with Crippen LogP contribution in [-0.4, -0.2) is 29.6 Å².